The molecular formula is C19H16FNO4S. The number of benzene rings is 2. The van der Waals surface area contributed by atoms with Crippen molar-refractivity contribution in [2.45, 2.75) is 17.6 Å². The van der Waals surface area contributed by atoms with Crippen molar-refractivity contribution in [2.75, 3.05) is 5.32 Å². The predicted octanol–water partition coefficient (Wildman–Crippen LogP) is 3.95. The molecule has 0 aliphatic rings. The van der Waals surface area contributed by atoms with Crippen LogP contribution in [0.5, 0.6) is 0 Å². The van der Waals surface area contributed by atoms with Gasteiger partial charge in [-0.25, -0.2) is 12.8 Å². The first-order valence-electron chi connectivity index (χ1n) is 7.79. The topological polar surface area (TPSA) is 76.4 Å². The molecule has 0 saturated carbocycles. The molecule has 0 aliphatic carbocycles. The van der Waals surface area contributed by atoms with Gasteiger partial charge in [-0.05, 0) is 48.9 Å². The number of carbonyl (C=O) groups excluding carboxylic acids is 1. The summed E-state index contributed by atoms with van der Waals surface area (Å²) in [6.45, 7) is 1.77. The minimum atomic E-state index is -3.58. The van der Waals surface area contributed by atoms with E-state index in [4.69, 9.17) is 4.42 Å². The van der Waals surface area contributed by atoms with Crippen LogP contribution in [0, 0.1) is 12.7 Å². The van der Waals surface area contributed by atoms with Crippen LogP contribution in [0.4, 0.5) is 10.1 Å². The number of rotatable bonds is 5. The first-order valence-corrected chi connectivity index (χ1v) is 9.44. The maximum atomic E-state index is 13.7. The molecule has 0 atom stereocenters. The molecule has 1 heterocycles. The minimum Gasteiger partial charge on any atom is -0.455 e. The zero-order chi connectivity index (χ0) is 18.7. The van der Waals surface area contributed by atoms with E-state index in [1.54, 1.807) is 31.2 Å². The lowest BCUT2D eigenvalue weighted by molar-refractivity contribution is 0.0994. The van der Waals surface area contributed by atoms with Crippen LogP contribution in [0.15, 0.2) is 70.0 Å². The zero-order valence-electron chi connectivity index (χ0n) is 13.9. The van der Waals surface area contributed by atoms with Gasteiger partial charge < -0.3 is 9.73 Å². The summed E-state index contributed by atoms with van der Waals surface area (Å²) in [7, 11) is -3.58. The fraction of sp³-hybridized carbons (Fsp3) is 0.105. The van der Waals surface area contributed by atoms with Gasteiger partial charge in [0.2, 0.25) is 0 Å². The number of carbonyl (C=O) groups is 1. The summed E-state index contributed by atoms with van der Waals surface area (Å²) in [6.07, 6.45) is 0. The molecule has 5 nitrogen and oxygen atoms in total. The normalized spacial score (nSPS) is 11.3. The summed E-state index contributed by atoms with van der Waals surface area (Å²) in [5, 5.41) is 2.42. The van der Waals surface area contributed by atoms with Gasteiger partial charge in [0.25, 0.3) is 5.91 Å². The van der Waals surface area contributed by atoms with Crippen LogP contribution in [-0.4, -0.2) is 14.3 Å². The van der Waals surface area contributed by atoms with Gasteiger partial charge in [-0.2, -0.15) is 0 Å². The minimum absolute atomic E-state index is 0.0323. The van der Waals surface area contributed by atoms with Crippen molar-refractivity contribution in [1.29, 1.82) is 0 Å². The van der Waals surface area contributed by atoms with Gasteiger partial charge in [-0.15, -0.1) is 0 Å². The van der Waals surface area contributed by atoms with E-state index in [9.17, 15) is 17.6 Å². The highest BCUT2D eigenvalue weighted by atomic mass is 32.2. The van der Waals surface area contributed by atoms with Gasteiger partial charge in [0.1, 0.15) is 17.3 Å². The van der Waals surface area contributed by atoms with Crippen LogP contribution < -0.4 is 5.32 Å². The molecule has 0 radical (unpaired) electrons. The fourth-order valence-corrected chi connectivity index (χ4v) is 3.66. The van der Waals surface area contributed by atoms with Crippen molar-refractivity contribution in [2.24, 2.45) is 0 Å². The average Bonchev–Trinajstić information content (AvgIpc) is 3.07. The van der Waals surface area contributed by atoms with Gasteiger partial charge >= 0.3 is 0 Å². The second kappa shape index (κ2) is 7.13. The second-order valence-electron chi connectivity index (χ2n) is 5.78. The van der Waals surface area contributed by atoms with Crippen molar-refractivity contribution in [3.05, 3.63) is 83.6 Å². The van der Waals surface area contributed by atoms with Crippen LogP contribution in [0.1, 0.15) is 21.9 Å². The molecular weight excluding hydrogens is 357 g/mol. The number of anilines is 1. The Kier molecular flexibility index (Phi) is 4.90. The van der Waals surface area contributed by atoms with Crippen LogP contribution in [-0.2, 0) is 15.6 Å². The third kappa shape index (κ3) is 4.00. The molecule has 0 spiro atoms. The van der Waals surface area contributed by atoms with Crippen molar-refractivity contribution >= 4 is 21.4 Å². The second-order valence-corrected chi connectivity index (χ2v) is 7.77. The summed E-state index contributed by atoms with van der Waals surface area (Å²) in [5.74, 6) is -1.56. The molecule has 3 rings (SSSR count). The summed E-state index contributed by atoms with van der Waals surface area (Å²) < 4.78 is 43.8. The Labute approximate surface area is 150 Å². The number of halogens is 1. The lowest BCUT2D eigenvalue weighted by Crippen LogP contribution is -2.12. The molecule has 1 N–H and O–H groups in total. The van der Waals surface area contributed by atoms with Crippen LogP contribution in [0.25, 0.3) is 0 Å². The highest BCUT2D eigenvalue weighted by Crippen LogP contribution is 2.20. The number of hydrogen-bond acceptors (Lipinski definition) is 4. The third-order valence-corrected chi connectivity index (χ3v) is 5.35. The van der Waals surface area contributed by atoms with Gasteiger partial charge in [-0.1, -0.05) is 24.3 Å². The molecule has 26 heavy (non-hydrogen) atoms. The molecule has 0 unspecified atom stereocenters. The van der Waals surface area contributed by atoms with E-state index in [1.807, 2.05) is 0 Å². The van der Waals surface area contributed by atoms with Crippen LogP contribution >= 0.6 is 0 Å². The third-order valence-electron chi connectivity index (χ3n) is 3.69. The van der Waals surface area contributed by atoms with Crippen molar-refractivity contribution < 1.29 is 22.0 Å². The van der Waals surface area contributed by atoms with Crippen molar-refractivity contribution in [3.63, 3.8) is 0 Å². The summed E-state index contributed by atoms with van der Waals surface area (Å²) in [4.78, 5) is 12.4. The zero-order valence-corrected chi connectivity index (χ0v) is 14.7. The summed E-state index contributed by atoms with van der Waals surface area (Å²) in [6, 6.07) is 15.1. The Morgan fingerprint density at radius 1 is 1.08 bits per heavy atom. The maximum absolute atomic E-state index is 13.7. The molecule has 0 fully saturated rings. The smallest absolute Gasteiger partial charge is 0.291 e. The van der Waals surface area contributed by atoms with E-state index in [2.05, 4.69) is 5.32 Å². The Bertz CT molecular complexity index is 1040. The largest absolute Gasteiger partial charge is 0.455 e. The summed E-state index contributed by atoms with van der Waals surface area (Å²) in [5.41, 5.74) is 0.820. The molecule has 3 aromatic rings. The fourth-order valence-electron chi connectivity index (χ4n) is 2.39. The molecule has 0 aliphatic heterocycles. The van der Waals surface area contributed by atoms with Gasteiger partial charge in [0, 0.05) is 0 Å². The Hall–Kier alpha value is -2.93. The molecule has 7 heteroatoms. The van der Waals surface area contributed by atoms with E-state index >= 15 is 0 Å². The van der Waals surface area contributed by atoms with Gasteiger partial charge in [0.05, 0.1) is 10.6 Å². The van der Waals surface area contributed by atoms with Crippen molar-refractivity contribution in [3.8, 4) is 0 Å². The molecule has 0 bridgehead atoms. The van der Waals surface area contributed by atoms with E-state index < -0.39 is 21.6 Å². The lowest BCUT2D eigenvalue weighted by Gasteiger charge is -2.06. The molecule has 1 aromatic heterocycles. The number of nitrogens with one attached hydrogen (secondary N) is 1. The van der Waals surface area contributed by atoms with Crippen molar-refractivity contribution in [1.82, 2.24) is 0 Å². The monoisotopic (exact) mass is 373 g/mol. The number of amides is 1. The maximum Gasteiger partial charge on any atom is 0.291 e. The standard InChI is InChI=1S/C19H16FNO4S/c1-13-7-9-16(20)17(11-13)21-19(22)18-10-8-14(25-18)12-26(23,24)15-5-3-2-4-6-15/h2-11H,12H2,1H3,(H,21,22). The number of hydrogen-bond donors (Lipinski definition) is 1. The predicted molar refractivity (Wildman–Crippen MR) is 95.1 cm³/mol. The number of sulfone groups is 1. The van der Waals surface area contributed by atoms with Crippen LogP contribution in [0.2, 0.25) is 0 Å². The van der Waals surface area contributed by atoms with Crippen LogP contribution in [0.3, 0.4) is 0 Å². The number of aryl methyl sites for hydroxylation is 1. The average molecular weight is 373 g/mol. The molecule has 134 valence electrons. The Morgan fingerprint density at radius 2 is 1.81 bits per heavy atom. The van der Waals surface area contributed by atoms with E-state index in [-0.39, 0.29) is 27.9 Å². The highest BCUT2D eigenvalue weighted by Gasteiger charge is 2.19. The molecule has 2 aromatic carbocycles. The highest BCUT2D eigenvalue weighted by molar-refractivity contribution is 7.90. The SMILES string of the molecule is Cc1ccc(F)c(NC(=O)c2ccc(CS(=O)(=O)c3ccccc3)o2)c1. The first kappa shape index (κ1) is 17.9. The molecule has 0 saturated heterocycles. The first-order chi connectivity index (χ1) is 12.3. The summed E-state index contributed by atoms with van der Waals surface area (Å²) >= 11 is 0. The Balaban J connectivity index is 1.75. The van der Waals surface area contributed by atoms with E-state index in [0.717, 1.165) is 5.56 Å². The van der Waals surface area contributed by atoms with E-state index in [0.29, 0.717) is 0 Å². The van der Waals surface area contributed by atoms with Gasteiger partial charge in [-0.3, -0.25) is 4.79 Å². The number of furan rings is 1. The van der Waals surface area contributed by atoms with Gasteiger partial charge in [0.15, 0.2) is 15.6 Å². The quantitative estimate of drug-likeness (QED) is 0.735. The Morgan fingerprint density at radius 3 is 2.54 bits per heavy atom. The molecule has 1 amide bonds. The lowest BCUT2D eigenvalue weighted by atomic mass is 10.2. The van der Waals surface area contributed by atoms with E-state index in [1.165, 1.54) is 36.4 Å².